The maximum atomic E-state index is 13.3. The van der Waals surface area contributed by atoms with Gasteiger partial charge in [0.1, 0.15) is 11.7 Å². The van der Waals surface area contributed by atoms with E-state index in [0.717, 1.165) is 12.0 Å². The molecule has 0 radical (unpaired) electrons. The summed E-state index contributed by atoms with van der Waals surface area (Å²) in [5.41, 5.74) is 2.38. The summed E-state index contributed by atoms with van der Waals surface area (Å²) >= 11 is 0. The number of non-ortho nitro benzene ring substituents is 1. The van der Waals surface area contributed by atoms with Crippen molar-refractivity contribution in [2.45, 2.75) is 46.0 Å². The number of ether oxygens (including phenoxy) is 3. The maximum absolute atomic E-state index is 13.3. The van der Waals surface area contributed by atoms with Gasteiger partial charge in [-0.2, -0.15) is 0 Å². The third kappa shape index (κ3) is 7.73. The molecule has 0 aromatic heterocycles. The number of aliphatic hydroxyl groups excluding tert-OH is 1. The number of aliphatic hydroxyl groups is 1. The molecule has 10 nitrogen and oxygen atoms in total. The molecule has 0 amide bonds. The molecule has 10 heteroatoms. The average Bonchev–Trinajstić information content (AvgIpc) is 2.92. The predicted molar refractivity (Wildman–Crippen MR) is 145 cm³/mol. The number of rotatable bonds is 13. The van der Waals surface area contributed by atoms with Gasteiger partial charge in [0.15, 0.2) is 0 Å². The molecule has 1 N–H and O–H groups in total. The van der Waals surface area contributed by atoms with Gasteiger partial charge in [-0.05, 0) is 56.9 Å². The molecule has 0 saturated heterocycles. The van der Waals surface area contributed by atoms with Crippen LogP contribution in [-0.2, 0) is 25.5 Å². The van der Waals surface area contributed by atoms with E-state index >= 15 is 0 Å². The highest BCUT2D eigenvalue weighted by molar-refractivity contribution is 6.07. The zero-order valence-corrected chi connectivity index (χ0v) is 22.4. The van der Waals surface area contributed by atoms with Gasteiger partial charge in [0, 0.05) is 42.5 Å². The topological polar surface area (TPSA) is 138 Å². The molecule has 0 spiro atoms. The smallest absolute Gasteiger partial charge is 0.336 e. The number of aliphatic imine (C=N–C) groups is 1. The van der Waals surface area contributed by atoms with E-state index in [4.69, 9.17) is 19.3 Å². The maximum Gasteiger partial charge on any atom is 0.336 e. The lowest BCUT2D eigenvalue weighted by molar-refractivity contribution is -0.384. The molecule has 1 aliphatic heterocycles. The van der Waals surface area contributed by atoms with E-state index in [-0.39, 0.29) is 31.1 Å². The second-order valence-corrected chi connectivity index (χ2v) is 9.12. The lowest BCUT2D eigenvalue weighted by Gasteiger charge is -2.31. The number of carbonyl (C=O) groups excluding carboxylic acids is 2. The Kier molecular flexibility index (Phi) is 10.7. The van der Waals surface area contributed by atoms with E-state index in [1.54, 1.807) is 26.8 Å². The Morgan fingerprint density at radius 2 is 1.79 bits per heavy atom. The lowest BCUT2D eigenvalue weighted by atomic mass is 9.75. The molecule has 1 aliphatic rings. The molecular weight excluding hydrogens is 504 g/mol. The van der Waals surface area contributed by atoms with Gasteiger partial charge < -0.3 is 19.3 Å². The van der Waals surface area contributed by atoms with Crippen molar-refractivity contribution in [3.05, 3.63) is 81.0 Å². The fraction of sp³-hybridized carbons (Fsp3) is 0.414. The molecular formula is C29H34N2O8. The second kappa shape index (κ2) is 14.2. The number of allylic oxidation sites excluding steroid dienone is 1. The van der Waals surface area contributed by atoms with Gasteiger partial charge in [-0.1, -0.05) is 24.3 Å². The summed E-state index contributed by atoms with van der Waals surface area (Å²) in [5.74, 6) is -2.31. The average molecular weight is 539 g/mol. The summed E-state index contributed by atoms with van der Waals surface area (Å²) in [7, 11) is 0. The van der Waals surface area contributed by atoms with Gasteiger partial charge >= 0.3 is 11.9 Å². The molecule has 208 valence electrons. The minimum atomic E-state index is -0.929. The van der Waals surface area contributed by atoms with Crippen LogP contribution in [0, 0.1) is 16.0 Å². The monoisotopic (exact) mass is 538 g/mol. The minimum Gasteiger partial charge on any atom is -0.493 e. The minimum absolute atomic E-state index is 0.0681. The van der Waals surface area contributed by atoms with Gasteiger partial charge in [0.2, 0.25) is 0 Å². The number of hydrogen-bond donors (Lipinski definition) is 1. The fourth-order valence-electron chi connectivity index (χ4n) is 4.56. The number of nitro benzene ring substituents is 1. The molecule has 2 unspecified atom stereocenters. The number of hydrogen-bond acceptors (Lipinski definition) is 9. The number of nitro groups is 1. The molecule has 2 atom stereocenters. The van der Waals surface area contributed by atoms with Crippen LogP contribution in [-0.4, -0.2) is 54.1 Å². The van der Waals surface area contributed by atoms with Crippen LogP contribution in [0.25, 0.3) is 0 Å². The van der Waals surface area contributed by atoms with Crippen molar-refractivity contribution in [2.75, 3.05) is 26.4 Å². The fourth-order valence-corrected chi connectivity index (χ4v) is 4.56. The zero-order valence-electron chi connectivity index (χ0n) is 22.4. The van der Waals surface area contributed by atoms with Crippen molar-refractivity contribution < 1.29 is 33.8 Å². The Balaban J connectivity index is 1.72. The van der Waals surface area contributed by atoms with Crippen molar-refractivity contribution in [3.8, 4) is 5.75 Å². The van der Waals surface area contributed by atoms with Gasteiger partial charge in [-0.15, -0.1) is 0 Å². The first-order valence-corrected chi connectivity index (χ1v) is 12.9. The Morgan fingerprint density at radius 1 is 1.05 bits per heavy atom. The highest BCUT2D eigenvalue weighted by Crippen LogP contribution is 2.41. The normalized spacial score (nSPS) is 16.9. The number of carbonyl (C=O) groups is 2. The zero-order chi connectivity index (χ0) is 28.4. The molecule has 39 heavy (non-hydrogen) atoms. The Labute approximate surface area is 227 Å². The standard InChI is InChI=1S/C29H34N2O8/c1-4-37-28(33)25-19(2)30-20(3)26(27(25)22-9-5-10-23(18-22)31(35)36)29(34)39-17-7-16-38-24-13-11-21(12-14-24)8-6-15-32/h5,9-14,18,25,27,32H,4,6-8,15-17H2,1-3H3. The van der Waals surface area contributed by atoms with E-state index < -0.39 is 28.7 Å². The van der Waals surface area contributed by atoms with Crippen LogP contribution < -0.4 is 4.74 Å². The van der Waals surface area contributed by atoms with E-state index in [1.807, 2.05) is 24.3 Å². The van der Waals surface area contributed by atoms with E-state index in [9.17, 15) is 19.7 Å². The summed E-state index contributed by atoms with van der Waals surface area (Å²) in [6.45, 7) is 5.68. The Morgan fingerprint density at radius 3 is 2.46 bits per heavy atom. The van der Waals surface area contributed by atoms with Crippen LogP contribution in [0.5, 0.6) is 5.75 Å². The molecule has 0 saturated carbocycles. The van der Waals surface area contributed by atoms with E-state index in [1.165, 1.54) is 18.2 Å². The van der Waals surface area contributed by atoms with Crippen LogP contribution in [0.3, 0.4) is 0 Å². The van der Waals surface area contributed by atoms with Gasteiger partial charge in [0.05, 0.1) is 30.3 Å². The van der Waals surface area contributed by atoms with Crippen molar-refractivity contribution in [1.29, 1.82) is 0 Å². The highest BCUT2D eigenvalue weighted by atomic mass is 16.6. The summed E-state index contributed by atoms with van der Waals surface area (Å²) in [6.07, 6.45) is 1.92. The first kappa shape index (κ1) is 29.5. The number of benzene rings is 2. The number of esters is 2. The first-order chi connectivity index (χ1) is 18.8. The van der Waals surface area contributed by atoms with E-state index in [0.29, 0.717) is 42.2 Å². The van der Waals surface area contributed by atoms with Crippen LogP contribution >= 0.6 is 0 Å². The molecule has 1 heterocycles. The molecule has 0 bridgehead atoms. The molecule has 0 fully saturated rings. The summed E-state index contributed by atoms with van der Waals surface area (Å²) < 4.78 is 16.6. The molecule has 2 aromatic rings. The van der Waals surface area contributed by atoms with Crippen LogP contribution in [0.1, 0.15) is 50.7 Å². The predicted octanol–water partition coefficient (Wildman–Crippen LogP) is 4.54. The largest absolute Gasteiger partial charge is 0.493 e. The third-order valence-corrected chi connectivity index (χ3v) is 6.37. The van der Waals surface area contributed by atoms with Crippen LogP contribution in [0.2, 0.25) is 0 Å². The van der Waals surface area contributed by atoms with Gasteiger partial charge in [0.25, 0.3) is 5.69 Å². The molecule has 2 aromatic carbocycles. The first-order valence-electron chi connectivity index (χ1n) is 12.9. The van der Waals surface area contributed by atoms with Crippen molar-refractivity contribution in [2.24, 2.45) is 10.9 Å². The Hall–Kier alpha value is -4.05. The van der Waals surface area contributed by atoms with Gasteiger partial charge in [-0.25, -0.2) is 4.79 Å². The van der Waals surface area contributed by atoms with Gasteiger partial charge in [-0.3, -0.25) is 19.9 Å². The van der Waals surface area contributed by atoms with E-state index in [2.05, 4.69) is 4.99 Å². The van der Waals surface area contributed by atoms with Crippen molar-refractivity contribution >= 4 is 23.3 Å². The van der Waals surface area contributed by atoms with Crippen LogP contribution in [0.4, 0.5) is 5.69 Å². The SMILES string of the molecule is CCOC(=O)C1C(C)=NC(C)=C(C(=O)OCCCOc2ccc(CCCO)cc2)C1c1cccc([N+](=O)[O-])c1. The third-order valence-electron chi connectivity index (χ3n) is 6.37. The number of aryl methyl sites for hydroxylation is 1. The summed E-state index contributed by atoms with van der Waals surface area (Å²) in [6, 6.07) is 13.5. The Bertz CT molecular complexity index is 1240. The second-order valence-electron chi connectivity index (χ2n) is 9.12. The summed E-state index contributed by atoms with van der Waals surface area (Å²) in [5, 5.41) is 20.4. The highest BCUT2D eigenvalue weighted by Gasteiger charge is 2.42. The molecule has 0 aliphatic carbocycles. The molecule has 3 rings (SSSR count). The van der Waals surface area contributed by atoms with Crippen LogP contribution in [0.15, 0.2) is 64.8 Å². The number of nitrogens with zero attached hydrogens (tertiary/aromatic N) is 2. The van der Waals surface area contributed by atoms with Crippen molar-refractivity contribution in [1.82, 2.24) is 0 Å². The van der Waals surface area contributed by atoms with Crippen molar-refractivity contribution in [3.63, 3.8) is 0 Å². The lowest BCUT2D eigenvalue weighted by Crippen LogP contribution is -2.36. The quantitative estimate of drug-likeness (QED) is 0.170. The summed E-state index contributed by atoms with van der Waals surface area (Å²) in [4.78, 5) is 41.6.